The van der Waals surface area contributed by atoms with Gasteiger partial charge in [0.2, 0.25) is 0 Å². The van der Waals surface area contributed by atoms with E-state index in [4.69, 9.17) is 4.74 Å². The van der Waals surface area contributed by atoms with E-state index in [-0.39, 0.29) is 11.4 Å². The molecule has 0 aliphatic carbocycles. The van der Waals surface area contributed by atoms with Crippen molar-refractivity contribution >= 4 is 11.7 Å². The Balaban J connectivity index is 1.41. The predicted molar refractivity (Wildman–Crippen MR) is 111 cm³/mol. The van der Waals surface area contributed by atoms with Crippen molar-refractivity contribution in [2.45, 2.75) is 45.4 Å². The SMILES string of the molecule is CC(C)(C)c1ccc(OCCCNC(=O)N2CCCc3ccccc32)cc1. The fourth-order valence-electron chi connectivity index (χ4n) is 3.35. The summed E-state index contributed by atoms with van der Waals surface area (Å²) in [6, 6.07) is 16.4. The molecule has 0 spiro atoms. The summed E-state index contributed by atoms with van der Waals surface area (Å²) in [6.45, 7) is 8.58. The van der Waals surface area contributed by atoms with Crippen LogP contribution in [0, 0.1) is 0 Å². The van der Waals surface area contributed by atoms with Crippen LogP contribution in [0.5, 0.6) is 5.75 Å². The fraction of sp³-hybridized carbons (Fsp3) is 0.435. The minimum Gasteiger partial charge on any atom is -0.494 e. The minimum absolute atomic E-state index is 0.0170. The summed E-state index contributed by atoms with van der Waals surface area (Å²) in [6.07, 6.45) is 2.84. The first-order valence-electron chi connectivity index (χ1n) is 9.82. The lowest BCUT2D eigenvalue weighted by Gasteiger charge is -2.29. The monoisotopic (exact) mass is 366 g/mol. The quantitative estimate of drug-likeness (QED) is 0.764. The third kappa shape index (κ3) is 5.03. The average Bonchev–Trinajstić information content (AvgIpc) is 2.67. The first-order chi connectivity index (χ1) is 12.9. The summed E-state index contributed by atoms with van der Waals surface area (Å²) in [5.41, 5.74) is 3.73. The van der Waals surface area contributed by atoms with E-state index in [1.165, 1.54) is 11.1 Å². The van der Waals surface area contributed by atoms with E-state index >= 15 is 0 Å². The largest absolute Gasteiger partial charge is 0.494 e. The number of para-hydroxylation sites is 1. The van der Waals surface area contributed by atoms with Crippen molar-refractivity contribution in [2.24, 2.45) is 0 Å². The van der Waals surface area contributed by atoms with Gasteiger partial charge in [-0.1, -0.05) is 51.1 Å². The number of hydrogen-bond donors (Lipinski definition) is 1. The van der Waals surface area contributed by atoms with Crippen molar-refractivity contribution in [2.75, 3.05) is 24.6 Å². The van der Waals surface area contributed by atoms with Gasteiger partial charge in [0.15, 0.2) is 0 Å². The number of carbonyl (C=O) groups is 1. The molecule has 0 saturated carbocycles. The molecule has 1 aliphatic heterocycles. The minimum atomic E-state index is -0.0170. The van der Waals surface area contributed by atoms with Crippen LogP contribution in [0.2, 0.25) is 0 Å². The highest BCUT2D eigenvalue weighted by Gasteiger charge is 2.21. The van der Waals surface area contributed by atoms with Gasteiger partial charge in [-0.15, -0.1) is 0 Å². The third-order valence-electron chi connectivity index (χ3n) is 4.94. The maximum absolute atomic E-state index is 12.5. The van der Waals surface area contributed by atoms with Crippen molar-refractivity contribution in [3.63, 3.8) is 0 Å². The van der Waals surface area contributed by atoms with Crippen LogP contribution in [0.1, 0.15) is 44.7 Å². The molecule has 1 N–H and O–H groups in total. The van der Waals surface area contributed by atoms with Crippen molar-refractivity contribution in [3.8, 4) is 5.75 Å². The second-order valence-electron chi connectivity index (χ2n) is 8.09. The van der Waals surface area contributed by atoms with E-state index in [0.717, 1.165) is 37.2 Å². The first-order valence-corrected chi connectivity index (χ1v) is 9.82. The van der Waals surface area contributed by atoms with Gasteiger partial charge >= 0.3 is 6.03 Å². The highest BCUT2D eigenvalue weighted by molar-refractivity contribution is 5.93. The molecule has 0 fully saturated rings. The van der Waals surface area contributed by atoms with Crippen LogP contribution >= 0.6 is 0 Å². The van der Waals surface area contributed by atoms with Gasteiger partial charge < -0.3 is 10.1 Å². The summed E-state index contributed by atoms with van der Waals surface area (Å²) in [5, 5.41) is 3.02. The molecule has 4 nitrogen and oxygen atoms in total. The van der Waals surface area contributed by atoms with Gasteiger partial charge in [0.25, 0.3) is 0 Å². The second-order valence-corrected chi connectivity index (χ2v) is 8.09. The van der Waals surface area contributed by atoms with Gasteiger partial charge in [-0.05, 0) is 54.0 Å². The maximum atomic E-state index is 12.5. The van der Waals surface area contributed by atoms with Crippen molar-refractivity contribution < 1.29 is 9.53 Å². The van der Waals surface area contributed by atoms with Gasteiger partial charge in [0.05, 0.1) is 6.61 Å². The number of anilines is 1. The number of hydrogen-bond acceptors (Lipinski definition) is 2. The Labute approximate surface area is 162 Å². The molecule has 0 aromatic heterocycles. The van der Waals surface area contributed by atoms with Crippen molar-refractivity contribution in [1.29, 1.82) is 0 Å². The Morgan fingerprint density at radius 3 is 2.59 bits per heavy atom. The average molecular weight is 367 g/mol. The summed E-state index contributed by atoms with van der Waals surface area (Å²) in [7, 11) is 0. The first kappa shape index (κ1) is 19.3. The third-order valence-corrected chi connectivity index (χ3v) is 4.94. The van der Waals surface area contributed by atoms with Crippen LogP contribution in [0.3, 0.4) is 0 Å². The van der Waals surface area contributed by atoms with Gasteiger partial charge in [0.1, 0.15) is 5.75 Å². The number of aryl methyl sites for hydroxylation is 1. The second kappa shape index (κ2) is 8.47. The molecular weight excluding hydrogens is 336 g/mol. The smallest absolute Gasteiger partial charge is 0.321 e. The predicted octanol–water partition coefficient (Wildman–Crippen LogP) is 4.92. The van der Waals surface area contributed by atoms with E-state index in [0.29, 0.717) is 13.2 Å². The molecule has 144 valence electrons. The highest BCUT2D eigenvalue weighted by atomic mass is 16.5. The van der Waals surface area contributed by atoms with Gasteiger partial charge in [-0.2, -0.15) is 0 Å². The standard InChI is InChI=1S/C23H30N2O2/c1-23(2,3)19-11-13-20(14-12-19)27-17-7-15-24-22(26)25-16-6-9-18-8-4-5-10-21(18)25/h4-5,8,10-14H,6-7,9,15-17H2,1-3H3,(H,24,26). The molecule has 0 bridgehead atoms. The number of benzene rings is 2. The molecule has 2 aromatic rings. The summed E-state index contributed by atoms with van der Waals surface area (Å²) < 4.78 is 5.79. The molecule has 1 aliphatic rings. The summed E-state index contributed by atoms with van der Waals surface area (Å²) in [5.74, 6) is 0.874. The molecule has 4 heteroatoms. The highest BCUT2D eigenvalue weighted by Crippen LogP contribution is 2.26. The summed E-state index contributed by atoms with van der Waals surface area (Å²) in [4.78, 5) is 14.4. The molecule has 2 aromatic carbocycles. The van der Waals surface area contributed by atoms with Crippen molar-refractivity contribution in [1.82, 2.24) is 5.32 Å². The molecule has 0 radical (unpaired) electrons. The van der Waals surface area contributed by atoms with Gasteiger partial charge in [-0.25, -0.2) is 4.79 Å². The van der Waals surface area contributed by atoms with E-state index in [1.807, 2.05) is 35.2 Å². The molecule has 27 heavy (non-hydrogen) atoms. The molecule has 3 rings (SSSR count). The van der Waals surface area contributed by atoms with Crippen LogP contribution in [0.25, 0.3) is 0 Å². The zero-order valence-corrected chi connectivity index (χ0v) is 16.6. The summed E-state index contributed by atoms with van der Waals surface area (Å²) >= 11 is 0. The zero-order valence-electron chi connectivity index (χ0n) is 16.6. The number of nitrogens with one attached hydrogen (secondary N) is 1. The fourth-order valence-corrected chi connectivity index (χ4v) is 3.35. The van der Waals surface area contributed by atoms with E-state index in [1.54, 1.807) is 0 Å². The lowest BCUT2D eigenvalue weighted by Crippen LogP contribution is -2.43. The number of rotatable bonds is 5. The number of urea groups is 1. The van der Waals surface area contributed by atoms with Crippen LogP contribution in [0.15, 0.2) is 48.5 Å². The zero-order chi connectivity index (χ0) is 19.3. The Bertz CT molecular complexity index is 763. The normalized spacial score (nSPS) is 13.8. The number of carbonyl (C=O) groups excluding carboxylic acids is 1. The van der Waals surface area contributed by atoms with Crippen LogP contribution < -0.4 is 15.0 Å². The molecule has 2 amide bonds. The van der Waals surface area contributed by atoms with Crippen LogP contribution in [-0.2, 0) is 11.8 Å². The lowest BCUT2D eigenvalue weighted by molar-refractivity contribution is 0.244. The maximum Gasteiger partial charge on any atom is 0.321 e. The number of fused-ring (bicyclic) bond motifs is 1. The van der Waals surface area contributed by atoms with Crippen LogP contribution in [-0.4, -0.2) is 25.7 Å². The van der Waals surface area contributed by atoms with E-state index in [9.17, 15) is 4.79 Å². The van der Waals surface area contributed by atoms with E-state index in [2.05, 4.69) is 44.3 Å². The topological polar surface area (TPSA) is 41.6 Å². The molecule has 0 unspecified atom stereocenters. The Hall–Kier alpha value is -2.49. The Kier molecular flexibility index (Phi) is 6.04. The molecule has 1 heterocycles. The Morgan fingerprint density at radius 1 is 1.11 bits per heavy atom. The van der Waals surface area contributed by atoms with Gasteiger partial charge in [-0.3, -0.25) is 4.90 Å². The molecule has 0 saturated heterocycles. The lowest BCUT2D eigenvalue weighted by atomic mass is 9.87. The van der Waals surface area contributed by atoms with Crippen molar-refractivity contribution in [3.05, 3.63) is 59.7 Å². The number of amides is 2. The van der Waals surface area contributed by atoms with Crippen LogP contribution in [0.4, 0.5) is 10.5 Å². The Morgan fingerprint density at radius 2 is 1.85 bits per heavy atom. The van der Waals surface area contributed by atoms with Gasteiger partial charge in [0, 0.05) is 18.8 Å². The molecule has 0 atom stereocenters. The number of ether oxygens (including phenoxy) is 1. The molecular formula is C23H30N2O2. The van der Waals surface area contributed by atoms with E-state index < -0.39 is 0 Å². The number of nitrogens with zero attached hydrogens (tertiary/aromatic N) is 1.